The fraction of sp³-hybridized carbons (Fsp3) is 0.0833. The van der Waals surface area contributed by atoms with Gasteiger partial charge in [0.25, 0.3) is 0 Å². The molecule has 81 valence electrons. The summed E-state index contributed by atoms with van der Waals surface area (Å²) in [5.41, 5.74) is 0.784. The van der Waals surface area contributed by atoms with Crippen molar-refractivity contribution in [1.82, 2.24) is 4.98 Å². The van der Waals surface area contributed by atoms with Crippen molar-refractivity contribution in [2.24, 2.45) is 0 Å². The summed E-state index contributed by atoms with van der Waals surface area (Å²) in [6, 6.07) is 12.7. The standard InChI is InChI=1S/C12H10NO2S/c14-16(12-6-2-1-3-7-12)15-10-11-5-4-8-13-9-11/h1-8H,10H2. The molecule has 2 aromatic rings. The van der Waals surface area contributed by atoms with E-state index in [9.17, 15) is 4.21 Å². The maximum absolute atomic E-state index is 11.7. The molecule has 0 aliphatic heterocycles. The van der Waals surface area contributed by atoms with Crippen LogP contribution in [0.4, 0.5) is 0 Å². The average molecular weight is 232 g/mol. The third-order valence-corrected chi connectivity index (χ3v) is 2.91. The molecular weight excluding hydrogens is 222 g/mol. The van der Waals surface area contributed by atoms with Crippen LogP contribution in [0, 0.1) is 6.20 Å². The number of nitrogens with zero attached hydrogens (tertiary/aromatic N) is 1. The first kappa shape index (κ1) is 11.0. The molecule has 0 spiro atoms. The maximum atomic E-state index is 11.7. The van der Waals surface area contributed by atoms with Crippen molar-refractivity contribution in [1.29, 1.82) is 0 Å². The van der Waals surface area contributed by atoms with Crippen molar-refractivity contribution in [2.75, 3.05) is 0 Å². The van der Waals surface area contributed by atoms with Gasteiger partial charge in [-0.1, -0.05) is 24.3 Å². The fourth-order valence-corrected chi connectivity index (χ4v) is 1.91. The number of hydrogen-bond acceptors (Lipinski definition) is 3. The first-order valence-electron chi connectivity index (χ1n) is 4.78. The van der Waals surface area contributed by atoms with E-state index in [1.54, 1.807) is 24.4 Å². The van der Waals surface area contributed by atoms with Gasteiger partial charge in [0.15, 0.2) is 11.1 Å². The Morgan fingerprint density at radius 3 is 2.69 bits per heavy atom. The van der Waals surface area contributed by atoms with Crippen molar-refractivity contribution >= 4 is 11.1 Å². The molecule has 0 fully saturated rings. The van der Waals surface area contributed by atoms with Crippen LogP contribution in [-0.4, -0.2) is 9.19 Å². The predicted octanol–water partition coefficient (Wildman–Crippen LogP) is 2.12. The molecule has 0 saturated carbocycles. The first-order chi connectivity index (χ1) is 7.86. The molecule has 0 N–H and O–H groups in total. The van der Waals surface area contributed by atoms with Gasteiger partial charge in [-0.3, -0.25) is 9.17 Å². The Hall–Kier alpha value is -1.52. The van der Waals surface area contributed by atoms with E-state index in [0.29, 0.717) is 4.90 Å². The molecule has 0 amide bonds. The Morgan fingerprint density at radius 1 is 1.19 bits per heavy atom. The van der Waals surface area contributed by atoms with Gasteiger partial charge in [0.1, 0.15) is 0 Å². The van der Waals surface area contributed by atoms with Gasteiger partial charge in [0.2, 0.25) is 0 Å². The fourth-order valence-electron chi connectivity index (χ4n) is 1.16. The molecule has 0 aliphatic rings. The number of aromatic nitrogens is 1. The molecule has 0 aliphatic carbocycles. The minimum absolute atomic E-state index is 0.245. The Kier molecular flexibility index (Phi) is 3.80. The zero-order chi connectivity index (χ0) is 11.2. The van der Waals surface area contributed by atoms with Crippen LogP contribution in [0.5, 0.6) is 0 Å². The smallest absolute Gasteiger partial charge is 0.189 e. The van der Waals surface area contributed by atoms with Crippen LogP contribution in [0.25, 0.3) is 0 Å². The van der Waals surface area contributed by atoms with Gasteiger partial charge in [0, 0.05) is 11.8 Å². The highest BCUT2D eigenvalue weighted by Crippen LogP contribution is 2.08. The van der Waals surface area contributed by atoms with Crippen LogP contribution in [-0.2, 0) is 21.9 Å². The number of benzene rings is 1. The average Bonchev–Trinajstić information content (AvgIpc) is 2.38. The Balaban J connectivity index is 1.95. The van der Waals surface area contributed by atoms with Gasteiger partial charge in [-0.15, -0.1) is 0 Å². The molecule has 1 radical (unpaired) electrons. The quantitative estimate of drug-likeness (QED) is 0.810. The van der Waals surface area contributed by atoms with Gasteiger partial charge >= 0.3 is 0 Å². The molecule has 2 rings (SSSR count). The topological polar surface area (TPSA) is 39.2 Å². The molecule has 1 aromatic heterocycles. The zero-order valence-electron chi connectivity index (χ0n) is 8.50. The van der Waals surface area contributed by atoms with Crippen LogP contribution >= 0.6 is 0 Å². The minimum Gasteiger partial charge on any atom is -0.282 e. The molecule has 0 saturated heterocycles. The van der Waals surface area contributed by atoms with E-state index in [-0.39, 0.29) is 6.61 Å². The lowest BCUT2D eigenvalue weighted by molar-refractivity contribution is 0.336. The van der Waals surface area contributed by atoms with Crippen molar-refractivity contribution in [3.05, 3.63) is 60.4 Å². The van der Waals surface area contributed by atoms with E-state index in [1.807, 2.05) is 24.3 Å². The van der Waals surface area contributed by atoms with E-state index in [0.717, 1.165) is 5.56 Å². The van der Waals surface area contributed by atoms with Gasteiger partial charge in [-0.25, -0.2) is 4.21 Å². The van der Waals surface area contributed by atoms with Gasteiger partial charge in [0.05, 0.1) is 17.7 Å². The van der Waals surface area contributed by atoms with Gasteiger partial charge < -0.3 is 0 Å². The third-order valence-electron chi connectivity index (χ3n) is 1.92. The molecule has 1 atom stereocenters. The molecule has 1 aromatic carbocycles. The molecule has 3 nitrogen and oxygen atoms in total. The minimum atomic E-state index is -1.43. The summed E-state index contributed by atoms with van der Waals surface area (Å²) in [5.74, 6) is 0. The highest BCUT2D eigenvalue weighted by Gasteiger charge is 2.03. The van der Waals surface area contributed by atoms with E-state index < -0.39 is 11.1 Å². The van der Waals surface area contributed by atoms with E-state index in [4.69, 9.17) is 4.18 Å². The summed E-state index contributed by atoms with van der Waals surface area (Å²) in [6.07, 6.45) is 4.40. The number of hydrogen-bond donors (Lipinski definition) is 0. The molecule has 1 heterocycles. The lowest BCUT2D eigenvalue weighted by atomic mass is 10.3. The third kappa shape index (κ3) is 2.98. The summed E-state index contributed by atoms with van der Waals surface area (Å²) in [7, 11) is 0. The summed E-state index contributed by atoms with van der Waals surface area (Å²) >= 11 is -1.43. The van der Waals surface area contributed by atoms with E-state index in [1.165, 1.54) is 0 Å². The van der Waals surface area contributed by atoms with Gasteiger partial charge in [-0.05, 0) is 18.2 Å². The summed E-state index contributed by atoms with van der Waals surface area (Å²) in [5, 5.41) is 0. The normalized spacial score (nSPS) is 12.2. The Bertz CT molecular complexity index is 459. The maximum Gasteiger partial charge on any atom is 0.189 e. The van der Waals surface area contributed by atoms with Crippen LogP contribution < -0.4 is 0 Å². The predicted molar refractivity (Wildman–Crippen MR) is 60.7 cm³/mol. The highest BCUT2D eigenvalue weighted by molar-refractivity contribution is 7.80. The number of pyridine rings is 1. The van der Waals surface area contributed by atoms with E-state index in [2.05, 4.69) is 11.2 Å². The molecule has 16 heavy (non-hydrogen) atoms. The number of rotatable bonds is 4. The van der Waals surface area contributed by atoms with Crippen LogP contribution in [0.15, 0.2) is 53.6 Å². The summed E-state index contributed by atoms with van der Waals surface area (Å²) in [4.78, 5) is 4.49. The largest absolute Gasteiger partial charge is 0.282 e. The monoisotopic (exact) mass is 232 g/mol. The first-order valence-corrected chi connectivity index (χ1v) is 5.85. The second-order valence-electron chi connectivity index (χ2n) is 3.08. The van der Waals surface area contributed by atoms with Crippen LogP contribution in [0.2, 0.25) is 0 Å². The van der Waals surface area contributed by atoms with Crippen molar-refractivity contribution in [3.63, 3.8) is 0 Å². The van der Waals surface area contributed by atoms with Gasteiger partial charge in [-0.2, -0.15) is 0 Å². The molecule has 0 bridgehead atoms. The van der Waals surface area contributed by atoms with Crippen molar-refractivity contribution in [2.45, 2.75) is 11.5 Å². The summed E-state index contributed by atoms with van der Waals surface area (Å²) in [6.45, 7) is 0.245. The molecule has 4 heteroatoms. The Labute approximate surface area is 96.8 Å². The van der Waals surface area contributed by atoms with Crippen LogP contribution in [0.3, 0.4) is 0 Å². The zero-order valence-corrected chi connectivity index (χ0v) is 9.31. The van der Waals surface area contributed by atoms with E-state index >= 15 is 0 Å². The van der Waals surface area contributed by atoms with Crippen molar-refractivity contribution in [3.8, 4) is 0 Å². The van der Waals surface area contributed by atoms with Crippen molar-refractivity contribution < 1.29 is 8.39 Å². The second kappa shape index (κ2) is 5.53. The molecular formula is C12H10NO2S. The van der Waals surface area contributed by atoms with Crippen LogP contribution in [0.1, 0.15) is 5.56 Å². The molecule has 1 unspecified atom stereocenters. The lowest BCUT2D eigenvalue weighted by Crippen LogP contribution is -1.98. The Morgan fingerprint density at radius 2 is 2.00 bits per heavy atom. The highest BCUT2D eigenvalue weighted by atomic mass is 32.2. The summed E-state index contributed by atoms with van der Waals surface area (Å²) < 4.78 is 16.9. The second-order valence-corrected chi connectivity index (χ2v) is 4.26. The lowest BCUT2D eigenvalue weighted by Gasteiger charge is -2.02. The SMILES string of the molecule is O=S(OCc1[c]nccc1)c1ccccc1.